The van der Waals surface area contributed by atoms with Crippen molar-refractivity contribution in [2.75, 3.05) is 30.0 Å². The van der Waals surface area contributed by atoms with Crippen LogP contribution >= 0.6 is 0 Å². The zero-order valence-corrected chi connectivity index (χ0v) is 20.6. The summed E-state index contributed by atoms with van der Waals surface area (Å²) in [7, 11) is 2.96. The molecule has 3 aromatic rings. The second-order valence-electron chi connectivity index (χ2n) is 8.37. The van der Waals surface area contributed by atoms with Crippen molar-refractivity contribution in [3.63, 3.8) is 0 Å². The SMILES string of the molecule is CNc1c(NC(=O)COc2cc(C)c(N)c(C)c2C)c(=O)n(C)c(=O)n1-c1cccc(C)c1C. The molecule has 1 amide bonds. The number of aryl methyl sites for hydroxylation is 2. The van der Waals surface area contributed by atoms with Crippen molar-refractivity contribution in [1.82, 2.24) is 9.13 Å². The Hall–Kier alpha value is -4.01. The average Bonchev–Trinajstić information content (AvgIpc) is 2.81. The van der Waals surface area contributed by atoms with Crippen LogP contribution in [0.4, 0.5) is 17.2 Å². The molecule has 0 aliphatic heterocycles. The third kappa shape index (κ3) is 4.28. The number of rotatable bonds is 6. The molecule has 0 aliphatic rings. The fraction of sp³-hybridized carbons (Fsp3) is 0.320. The molecule has 0 radical (unpaired) electrons. The van der Waals surface area contributed by atoms with Crippen LogP contribution in [0.25, 0.3) is 5.69 Å². The van der Waals surface area contributed by atoms with Crippen LogP contribution in [0, 0.1) is 34.6 Å². The number of nitrogen functional groups attached to an aromatic ring is 1. The maximum atomic E-state index is 13.0. The van der Waals surface area contributed by atoms with E-state index in [0.29, 0.717) is 17.1 Å². The number of benzene rings is 2. The fourth-order valence-electron chi connectivity index (χ4n) is 3.80. The van der Waals surface area contributed by atoms with Gasteiger partial charge in [-0.15, -0.1) is 0 Å². The molecule has 1 heterocycles. The highest BCUT2D eigenvalue weighted by atomic mass is 16.5. The standard InChI is InChI=1S/C25H31N5O4/c1-13-9-8-10-18(15(13)3)30-23(27-6)22(24(32)29(7)25(30)33)28-20(31)12-34-19-11-14(2)21(26)17(5)16(19)4/h8-11,27H,12,26H2,1-7H3,(H,28,31). The van der Waals surface area contributed by atoms with Crippen molar-refractivity contribution in [3.8, 4) is 11.4 Å². The van der Waals surface area contributed by atoms with E-state index in [-0.39, 0.29) is 18.1 Å². The van der Waals surface area contributed by atoms with Crippen molar-refractivity contribution in [1.29, 1.82) is 0 Å². The largest absolute Gasteiger partial charge is 0.483 e. The summed E-state index contributed by atoms with van der Waals surface area (Å²) in [6.07, 6.45) is 0. The van der Waals surface area contributed by atoms with Gasteiger partial charge in [-0.3, -0.25) is 14.2 Å². The van der Waals surface area contributed by atoms with E-state index in [9.17, 15) is 14.4 Å². The average molecular weight is 466 g/mol. The highest BCUT2D eigenvalue weighted by Gasteiger charge is 2.21. The summed E-state index contributed by atoms with van der Waals surface area (Å²) < 4.78 is 8.09. The van der Waals surface area contributed by atoms with Crippen LogP contribution in [0.3, 0.4) is 0 Å². The lowest BCUT2D eigenvalue weighted by atomic mass is 10.0. The summed E-state index contributed by atoms with van der Waals surface area (Å²) in [4.78, 5) is 38.8. The summed E-state index contributed by atoms with van der Waals surface area (Å²) >= 11 is 0. The topological polar surface area (TPSA) is 120 Å². The van der Waals surface area contributed by atoms with Crippen LogP contribution < -0.4 is 32.4 Å². The van der Waals surface area contributed by atoms with Gasteiger partial charge in [0.05, 0.1) is 5.69 Å². The lowest BCUT2D eigenvalue weighted by Gasteiger charge is -2.20. The van der Waals surface area contributed by atoms with Crippen LogP contribution in [-0.2, 0) is 11.8 Å². The monoisotopic (exact) mass is 465 g/mol. The molecule has 9 heteroatoms. The first-order valence-corrected chi connectivity index (χ1v) is 10.9. The van der Waals surface area contributed by atoms with Crippen LogP contribution in [0.15, 0.2) is 33.9 Å². The number of nitrogens with zero attached hydrogens (tertiary/aromatic N) is 2. The molecule has 4 N–H and O–H groups in total. The molecule has 34 heavy (non-hydrogen) atoms. The van der Waals surface area contributed by atoms with Crippen LogP contribution in [0.5, 0.6) is 5.75 Å². The highest BCUT2D eigenvalue weighted by Crippen LogP contribution is 2.29. The summed E-state index contributed by atoms with van der Waals surface area (Å²) in [5.41, 5.74) is 10.6. The number of nitrogens with one attached hydrogen (secondary N) is 2. The number of anilines is 3. The van der Waals surface area contributed by atoms with E-state index in [1.165, 1.54) is 11.6 Å². The van der Waals surface area contributed by atoms with Crippen molar-refractivity contribution in [2.45, 2.75) is 34.6 Å². The second kappa shape index (κ2) is 9.46. The first-order chi connectivity index (χ1) is 16.0. The van der Waals surface area contributed by atoms with Gasteiger partial charge >= 0.3 is 5.69 Å². The first-order valence-electron chi connectivity index (χ1n) is 10.9. The Bertz CT molecular complexity index is 1400. The maximum absolute atomic E-state index is 13.0. The van der Waals surface area contributed by atoms with Gasteiger partial charge in [0.25, 0.3) is 11.5 Å². The Labute approximate surface area is 198 Å². The van der Waals surface area contributed by atoms with E-state index in [2.05, 4.69) is 10.6 Å². The quantitative estimate of drug-likeness (QED) is 0.482. The number of amides is 1. The molecule has 0 spiro atoms. The van der Waals surface area contributed by atoms with Crippen LogP contribution in [0.2, 0.25) is 0 Å². The first kappa shape index (κ1) is 24.6. The molecule has 3 rings (SSSR count). The third-order valence-electron chi connectivity index (χ3n) is 6.24. The van der Waals surface area contributed by atoms with E-state index in [4.69, 9.17) is 10.5 Å². The molecule has 0 fully saturated rings. The van der Waals surface area contributed by atoms with Crippen molar-refractivity contribution in [2.24, 2.45) is 7.05 Å². The normalized spacial score (nSPS) is 10.8. The molecule has 9 nitrogen and oxygen atoms in total. The zero-order valence-electron chi connectivity index (χ0n) is 20.6. The molecular formula is C25H31N5O4. The van der Waals surface area contributed by atoms with E-state index < -0.39 is 17.2 Å². The molecule has 0 atom stereocenters. The van der Waals surface area contributed by atoms with Gasteiger partial charge < -0.3 is 21.1 Å². The molecule has 180 valence electrons. The third-order valence-corrected chi connectivity index (χ3v) is 6.24. The predicted molar refractivity (Wildman–Crippen MR) is 135 cm³/mol. The molecular weight excluding hydrogens is 434 g/mol. The number of hydrogen-bond acceptors (Lipinski definition) is 6. The number of hydrogen-bond donors (Lipinski definition) is 3. The van der Waals surface area contributed by atoms with Gasteiger partial charge in [-0.25, -0.2) is 9.36 Å². The Balaban J connectivity index is 2.00. The Morgan fingerprint density at radius 1 is 1.03 bits per heavy atom. The van der Waals surface area contributed by atoms with Gasteiger partial charge in [0, 0.05) is 19.8 Å². The van der Waals surface area contributed by atoms with Gasteiger partial charge in [-0.1, -0.05) is 12.1 Å². The molecule has 0 bridgehead atoms. The Kier molecular flexibility index (Phi) is 6.85. The second-order valence-corrected chi connectivity index (χ2v) is 8.37. The van der Waals surface area contributed by atoms with E-state index in [1.807, 2.05) is 46.8 Å². The van der Waals surface area contributed by atoms with Crippen molar-refractivity contribution in [3.05, 3.63) is 72.9 Å². The minimum atomic E-state index is -0.625. The summed E-state index contributed by atoms with van der Waals surface area (Å²) in [6.45, 7) is 9.14. The van der Waals surface area contributed by atoms with Gasteiger partial charge in [-0.05, 0) is 74.6 Å². The number of nitrogens with two attached hydrogens (primary N) is 1. The van der Waals surface area contributed by atoms with Crippen molar-refractivity contribution < 1.29 is 9.53 Å². The lowest BCUT2D eigenvalue weighted by molar-refractivity contribution is -0.118. The maximum Gasteiger partial charge on any atom is 0.337 e. The number of carbonyl (C=O) groups excluding carboxylic acids is 1. The smallest absolute Gasteiger partial charge is 0.337 e. The zero-order chi connectivity index (χ0) is 25.3. The van der Waals surface area contributed by atoms with E-state index >= 15 is 0 Å². The van der Waals surface area contributed by atoms with E-state index in [0.717, 1.165) is 32.4 Å². The molecule has 0 saturated heterocycles. The van der Waals surface area contributed by atoms with Gasteiger partial charge in [0.15, 0.2) is 6.61 Å². The van der Waals surface area contributed by atoms with Gasteiger partial charge in [-0.2, -0.15) is 0 Å². The summed E-state index contributed by atoms with van der Waals surface area (Å²) in [5, 5.41) is 5.54. The van der Waals surface area contributed by atoms with Crippen LogP contribution in [-0.4, -0.2) is 28.7 Å². The minimum Gasteiger partial charge on any atom is -0.483 e. The fourth-order valence-corrected chi connectivity index (χ4v) is 3.80. The Morgan fingerprint density at radius 2 is 1.71 bits per heavy atom. The van der Waals surface area contributed by atoms with Gasteiger partial charge in [0.2, 0.25) is 0 Å². The summed E-state index contributed by atoms with van der Waals surface area (Å²) in [6, 6.07) is 7.34. The van der Waals surface area contributed by atoms with Gasteiger partial charge in [0.1, 0.15) is 17.3 Å². The van der Waals surface area contributed by atoms with Crippen molar-refractivity contribution >= 4 is 23.1 Å². The molecule has 0 saturated carbocycles. The lowest BCUT2D eigenvalue weighted by Crippen LogP contribution is -2.41. The minimum absolute atomic E-state index is 0.0412. The number of carbonyl (C=O) groups is 1. The number of aromatic nitrogens is 2. The highest BCUT2D eigenvalue weighted by molar-refractivity contribution is 5.94. The van der Waals surface area contributed by atoms with E-state index in [1.54, 1.807) is 19.2 Å². The molecule has 0 unspecified atom stereocenters. The molecule has 0 aliphatic carbocycles. The molecule has 2 aromatic carbocycles. The molecule has 1 aromatic heterocycles. The Morgan fingerprint density at radius 3 is 2.35 bits per heavy atom. The summed E-state index contributed by atoms with van der Waals surface area (Å²) in [5.74, 6) is 0.193. The predicted octanol–water partition coefficient (Wildman–Crippen LogP) is 2.72. The van der Waals surface area contributed by atoms with Crippen LogP contribution in [0.1, 0.15) is 27.8 Å². The number of ether oxygens (including phenoxy) is 1.